The first kappa shape index (κ1) is 29.5. The van der Waals surface area contributed by atoms with Gasteiger partial charge in [0.05, 0.1) is 33.5 Å². The zero-order valence-electron chi connectivity index (χ0n) is 23.2. The zero-order valence-corrected chi connectivity index (χ0v) is 25.6. The number of carbonyl (C=O) groups excluding carboxylic acids is 1. The third kappa shape index (κ3) is 6.10. The molecule has 0 bridgehead atoms. The number of carbonyl (C=O) groups is 1. The van der Waals surface area contributed by atoms with Gasteiger partial charge < -0.3 is 14.2 Å². The van der Waals surface area contributed by atoms with Gasteiger partial charge in [-0.15, -0.1) is 0 Å². The summed E-state index contributed by atoms with van der Waals surface area (Å²) in [5.74, 6) is 0.368. The van der Waals surface area contributed by atoms with E-state index in [2.05, 4.69) is 20.9 Å². The van der Waals surface area contributed by atoms with Gasteiger partial charge in [0, 0.05) is 5.56 Å². The zero-order chi connectivity index (χ0) is 29.8. The Kier molecular flexibility index (Phi) is 9.03. The number of rotatable bonds is 9. The van der Waals surface area contributed by atoms with Crippen LogP contribution in [0.4, 0.5) is 4.39 Å². The van der Waals surface area contributed by atoms with Crippen molar-refractivity contribution in [1.29, 1.82) is 0 Å². The average molecular weight is 652 g/mol. The predicted octanol–water partition coefficient (Wildman–Crippen LogP) is 5.68. The number of hydrogen-bond acceptors (Lipinski definition) is 7. The minimum atomic E-state index is -0.765. The molecule has 0 saturated carbocycles. The van der Waals surface area contributed by atoms with E-state index in [4.69, 9.17) is 14.2 Å². The van der Waals surface area contributed by atoms with E-state index < -0.39 is 12.0 Å². The number of esters is 1. The lowest BCUT2D eigenvalue weighted by molar-refractivity contribution is -0.139. The lowest BCUT2D eigenvalue weighted by atomic mass is 9.95. The van der Waals surface area contributed by atoms with E-state index in [9.17, 15) is 14.0 Å². The largest absolute Gasteiger partial charge is 0.494 e. The molecule has 42 heavy (non-hydrogen) atoms. The van der Waals surface area contributed by atoms with Gasteiger partial charge in [-0.25, -0.2) is 14.2 Å². The Balaban J connectivity index is 1.54. The van der Waals surface area contributed by atoms with Gasteiger partial charge in [-0.2, -0.15) is 0 Å². The first-order valence-corrected chi connectivity index (χ1v) is 15.0. The summed E-state index contributed by atoms with van der Waals surface area (Å²) in [6.45, 7) is 6.27. The van der Waals surface area contributed by atoms with E-state index in [0.29, 0.717) is 48.7 Å². The standard InChI is InChI=1S/C32H28BrFN2O5S/c1-4-39-25-9-7-6-8-23(25)29-28(31(38)40-5-2)19(3)35-32-36(29)30(37)27(42-32)17-21-12-15-26(24(33)16-21)41-18-20-10-13-22(34)14-11-20/h6-17,29H,4-5,18H2,1-3H3/b27-17-/t29-/m1/s1. The number of nitrogens with zero attached hydrogens (tertiary/aromatic N) is 2. The Morgan fingerprint density at radius 2 is 1.81 bits per heavy atom. The van der Waals surface area contributed by atoms with E-state index in [0.717, 1.165) is 11.1 Å². The summed E-state index contributed by atoms with van der Waals surface area (Å²) in [5, 5.41) is 0. The molecular formula is C32H28BrFN2O5S. The quantitative estimate of drug-likeness (QED) is 0.218. The van der Waals surface area contributed by atoms with Crippen LogP contribution in [0.15, 0.2) is 92.3 Å². The van der Waals surface area contributed by atoms with Gasteiger partial charge in [0.1, 0.15) is 30.0 Å². The fraction of sp³-hybridized carbons (Fsp3) is 0.219. The Bertz CT molecular complexity index is 1850. The normalized spacial score (nSPS) is 14.8. The van der Waals surface area contributed by atoms with Gasteiger partial charge in [0.15, 0.2) is 4.80 Å². The maximum Gasteiger partial charge on any atom is 0.338 e. The predicted molar refractivity (Wildman–Crippen MR) is 163 cm³/mol. The van der Waals surface area contributed by atoms with Crippen molar-refractivity contribution in [1.82, 2.24) is 4.57 Å². The molecule has 10 heteroatoms. The second-order valence-electron chi connectivity index (χ2n) is 9.38. The molecule has 2 heterocycles. The monoisotopic (exact) mass is 650 g/mol. The lowest BCUT2D eigenvalue weighted by Gasteiger charge is -2.26. The molecule has 1 aliphatic heterocycles. The molecule has 0 radical (unpaired) electrons. The number of allylic oxidation sites excluding steroid dienone is 1. The molecule has 7 nitrogen and oxygen atoms in total. The van der Waals surface area contributed by atoms with Crippen molar-refractivity contribution in [3.63, 3.8) is 0 Å². The van der Waals surface area contributed by atoms with Gasteiger partial charge in [-0.05, 0) is 84.2 Å². The molecule has 0 unspecified atom stereocenters. The summed E-state index contributed by atoms with van der Waals surface area (Å²) in [4.78, 5) is 32.2. The van der Waals surface area contributed by atoms with Crippen molar-refractivity contribution in [2.75, 3.05) is 13.2 Å². The van der Waals surface area contributed by atoms with Crippen LogP contribution >= 0.6 is 27.3 Å². The van der Waals surface area contributed by atoms with Crippen molar-refractivity contribution in [2.24, 2.45) is 4.99 Å². The highest BCUT2D eigenvalue weighted by atomic mass is 79.9. The van der Waals surface area contributed by atoms with E-state index in [1.807, 2.05) is 43.3 Å². The van der Waals surface area contributed by atoms with Crippen molar-refractivity contribution in [3.05, 3.63) is 125 Å². The second kappa shape index (κ2) is 12.9. The molecule has 1 atom stereocenters. The maximum absolute atomic E-state index is 13.9. The third-order valence-electron chi connectivity index (χ3n) is 6.59. The number of aromatic nitrogens is 1. The van der Waals surface area contributed by atoms with Crippen LogP contribution in [0.25, 0.3) is 6.08 Å². The molecule has 5 rings (SSSR count). The van der Waals surface area contributed by atoms with Crippen LogP contribution in [0.2, 0.25) is 0 Å². The fourth-order valence-corrected chi connectivity index (χ4v) is 6.25. The SMILES string of the molecule is CCOC(=O)C1=C(C)N=c2s/c(=C\c3ccc(OCc4ccc(F)cc4)c(Br)c3)c(=O)n2[C@@H]1c1ccccc1OCC. The molecule has 4 aromatic rings. The Labute approximate surface area is 254 Å². The summed E-state index contributed by atoms with van der Waals surface area (Å²) in [6.07, 6.45) is 1.78. The van der Waals surface area contributed by atoms with E-state index >= 15 is 0 Å². The molecule has 216 valence electrons. The average Bonchev–Trinajstić information content (AvgIpc) is 3.27. The second-order valence-corrected chi connectivity index (χ2v) is 11.2. The van der Waals surface area contributed by atoms with Crippen LogP contribution in [0.3, 0.4) is 0 Å². The van der Waals surface area contributed by atoms with Crippen LogP contribution in [-0.2, 0) is 16.1 Å². The van der Waals surface area contributed by atoms with E-state index in [1.165, 1.54) is 23.5 Å². The van der Waals surface area contributed by atoms with Gasteiger partial charge >= 0.3 is 5.97 Å². The van der Waals surface area contributed by atoms with Crippen molar-refractivity contribution >= 4 is 39.3 Å². The molecule has 1 aliphatic rings. The minimum absolute atomic E-state index is 0.193. The number of benzene rings is 3. The summed E-state index contributed by atoms with van der Waals surface area (Å²) < 4.78 is 33.1. The number of halogens is 2. The summed E-state index contributed by atoms with van der Waals surface area (Å²) in [6, 6.07) is 18.3. The third-order valence-corrected chi connectivity index (χ3v) is 8.19. The highest BCUT2D eigenvalue weighted by molar-refractivity contribution is 9.10. The van der Waals surface area contributed by atoms with Gasteiger partial charge in [-0.1, -0.05) is 47.7 Å². The number of thiazole rings is 1. The number of ether oxygens (including phenoxy) is 3. The molecule has 1 aromatic heterocycles. The van der Waals surface area contributed by atoms with Crippen molar-refractivity contribution < 1.29 is 23.4 Å². The molecule has 0 spiro atoms. The van der Waals surface area contributed by atoms with Crippen LogP contribution < -0.4 is 24.4 Å². The molecular weight excluding hydrogens is 623 g/mol. The van der Waals surface area contributed by atoms with Crippen LogP contribution in [0.1, 0.15) is 43.5 Å². The summed E-state index contributed by atoms with van der Waals surface area (Å²) in [5.41, 5.74) is 2.79. The number of fused-ring (bicyclic) bond motifs is 1. The summed E-state index contributed by atoms with van der Waals surface area (Å²) >= 11 is 4.80. The number of hydrogen-bond donors (Lipinski definition) is 0. The smallest absolute Gasteiger partial charge is 0.338 e. The fourth-order valence-electron chi connectivity index (χ4n) is 4.70. The van der Waals surface area contributed by atoms with Gasteiger partial charge in [-0.3, -0.25) is 9.36 Å². The van der Waals surface area contributed by atoms with Crippen LogP contribution in [0.5, 0.6) is 11.5 Å². The van der Waals surface area contributed by atoms with E-state index in [-0.39, 0.29) is 24.6 Å². The van der Waals surface area contributed by atoms with Crippen LogP contribution in [-0.4, -0.2) is 23.8 Å². The molecule has 0 fully saturated rings. The Morgan fingerprint density at radius 3 is 2.52 bits per heavy atom. The molecule has 0 saturated heterocycles. The summed E-state index contributed by atoms with van der Waals surface area (Å²) in [7, 11) is 0. The first-order chi connectivity index (χ1) is 20.3. The van der Waals surface area contributed by atoms with E-state index in [1.54, 1.807) is 42.7 Å². The molecule has 0 amide bonds. The first-order valence-electron chi connectivity index (χ1n) is 13.4. The highest BCUT2D eigenvalue weighted by Gasteiger charge is 2.35. The molecule has 0 aliphatic carbocycles. The van der Waals surface area contributed by atoms with Crippen molar-refractivity contribution in [3.8, 4) is 11.5 Å². The van der Waals surface area contributed by atoms with Crippen molar-refractivity contribution in [2.45, 2.75) is 33.4 Å². The van der Waals surface area contributed by atoms with Crippen LogP contribution in [0, 0.1) is 5.82 Å². The number of para-hydroxylation sites is 1. The minimum Gasteiger partial charge on any atom is -0.494 e. The van der Waals surface area contributed by atoms with Gasteiger partial charge in [0.2, 0.25) is 0 Å². The van der Waals surface area contributed by atoms with Gasteiger partial charge in [0.25, 0.3) is 5.56 Å². The topological polar surface area (TPSA) is 79.1 Å². The Morgan fingerprint density at radius 1 is 1.05 bits per heavy atom. The highest BCUT2D eigenvalue weighted by Crippen LogP contribution is 2.36. The lowest BCUT2D eigenvalue weighted by Crippen LogP contribution is -2.40. The molecule has 3 aromatic carbocycles. The maximum atomic E-state index is 13.9. The Hall–Kier alpha value is -4.02. The molecule has 0 N–H and O–H groups in total.